The minimum atomic E-state index is -4.21. The number of nitrogens with zero attached hydrogens (tertiary/aromatic N) is 1. The maximum absolute atomic E-state index is 12.5. The molecule has 0 aliphatic rings. The topological polar surface area (TPSA) is 47.0 Å². The minimum Gasteiger partial charge on any atom is -0.239 e. The van der Waals surface area contributed by atoms with Crippen LogP contribution in [0.5, 0.6) is 0 Å². The van der Waals surface area contributed by atoms with Gasteiger partial charge in [0, 0.05) is 14.3 Å². The smallest absolute Gasteiger partial charge is 0.239 e. The molecule has 1 rings (SSSR count). The maximum Gasteiger partial charge on any atom is 0.281 e. The van der Waals surface area contributed by atoms with Gasteiger partial charge in [-0.05, 0) is 51.2 Å². The van der Waals surface area contributed by atoms with Gasteiger partial charge in [0.2, 0.25) is 0 Å². The molecule has 1 aromatic rings. The summed E-state index contributed by atoms with van der Waals surface area (Å²) in [4.78, 5) is 2.86. The van der Waals surface area contributed by atoms with Gasteiger partial charge in [0.25, 0.3) is 15.5 Å². The van der Waals surface area contributed by atoms with Crippen LogP contribution in [-0.4, -0.2) is 13.4 Å². The first-order valence-corrected chi connectivity index (χ1v) is 7.79. The third kappa shape index (κ3) is 3.33. The highest BCUT2D eigenvalue weighted by Gasteiger charge is 2.26. The predicted molar refractivity (Wildman–Crippen MR) is 67.7 cm³/mol. The summed E-state index contributed by atoms with van der Waals surface area (Å²) < 4.78 is 47.6. The quantitative estimate of drug-likeness (QED) is 0.372. The average Bonchev–Trinajstić information content (AvgIpc) is 1.99. The summed E-state index contributed by atoms with van der Waals surface area (Å²) in [5.74, 6) is 0. The predicted octanol–water partition coefficient (Wildman–Crippen LogP) is 3.16. The lowest BCUT2D eigenvalue weighted by molar-refractivity contribution is 0.142. The molecule has 84 valence electrons. The third-order valence-corrected chi connectivity index (χ3v) is 4.52. The summed E-state index contributed by atoms with van der Waals surface area (Å²) in [6.45, 7) is 0. The molecule has 9 heteroatoms. The van der Waals surface area contributed by atoms with Crippen molar-refractivity contribution in [1.29, 1.82) is 0 Å². The van der Waals surface area contributed by atoms with Crippen LogP contribution in [-0.2, 0) is 9.05 Å². The molecule has 0 bridgehead atoms. The van der Waals surface area contributed by atoms with Crippen LogP contribution in [0, 0.1) is 7.27 Å². The van der Waals surface area contributed by atoms with Crippen molar-refractivity contribution in [2.45, 2.75) is 11.3 Å². The number of halogens is 5. The zero-order chi connectivity index (χ0) is 11.8. The first-order chi connectivity index (χ1) is 6.73. The highest BCUT2D eigenvalue weighted by atomic mass is 127. The fraction of sp³-hybridized carbons (Fsp3) is 0.167. The summed E-state index contributed by atoms with van der Waals surface area (Å²) in [6.07, 6.45) is -2.98. The van der Waals surface area contributed by atoms with Crippen LogP contribution in [0.1, 0.15) is 12.1 Å². The van der Waals surface area contributed by atoms with Crippen LogP contribution >= 0.6 is 55.9 Å². The summed E-state index contributed by atoms with van der Waals surface area (Å²) in [5, 5.41) is 0. The number of pyridine rings is 1. The molecule has 0 fully saturated rings. The van der Waals surface area contributed by atoms with E-state index in [1.165, 1.54) is 6.07 Å². The average molecular weight is 479 g/mol. The zero-order valence-corrected chi connectivity index (χ0v) is 12.6. The Morgan fingerprint density at radius 2 is 1.93 bits per heavy atom. The molecule has 0 aromatic carbocycles. The number of hydrogen-bond acceptors (Lipinski definition) is 3. The molecule has 1 aromatic heterocycles. The molecule has 15 heavy (non-hydrogen) atoms. The van der Waals surface area contributed by atoms with Crippen LogP contribution in [0.4, 0.5) is 8.78 Å². The van der Waals surface area contributed by atoms with E-state index in [9.17, 15) is 17.2 Å². The van der Waals surface area contributed by atoms with E-state index in [1.54, 1.807) is 45.2 Å². The van der Waals surface area contributed by atoms with Gasteiger partial charge in [0.15, 0.2) is 0 Å². The number of aromatic nitrogens is 1. The van der Waals surface area contributed by atoms with Crippen LogP contribution < -0.4 is 0 Å². The van der Waals surface area contributed by atoms with Crippen molar-refractivity contribution in [2.24, 2.45) is 0 Å². The standard InChI is InChI=1S/C6H2ClF2I2NO2S/c7-15(13,14)5-2(10)1-3(11)12-4(5)6(8)9/h1,6H. The molecule has 0 unspecified atom stereocenters. The second kappa shape index (κ2) is 4.92. The molecule has 1 heterocycles. The monoisotopic (exact) mass is 479 g/mol. The molecule has 0 saturated heterocycles. The van der Waals surface area contributed by atoms with Crippen LogP contribution in [0.25, 0.3) is 0 Å². The molecule has 0 aliphatic heterocycles. The lowest BCUT2D eigenvalue weighted by Crippen LogP contribution is -2.06. The molecule has 0 N–H and O–H groups in total. The Bertz CT molecular complexity index is 494. The van der Waals surface area contributed by atoms with Crippen molar-refractivity contribution < 1.29 is 17.2 Å². The second-order valence-corrected chi connectivity index (χ2v) is 7.15. The lowest BCUT2D eigenvalue weighted by atomic mass is 10.4. The molecule has 0 aliphatic carbocycles. The first kappa shape index (κ1) is 13.8. The lowest BCUT2D eigenvalue weighted by Gasteiger charge is -2.07. The number of alkyl halides is 2. The molecule has 0 radical (unpaired) electrons. The Hall–Kier alpha value is 0.710. The van der Waals surface area contributed by atoms with E-state index in [1.807, 2.05) is 0 Å². The Balaban J connectivity index is 3.62. The molecule has 3 nitrogen and oxygen atoms in total. The van der Waals surface area contributed by atoms with Crippen molar-refractivity contribution >= 4 is 64.9 Å². The van der Waals surface area contributed by atoms with Gasteiger partial charge in [-0.15, -0.1) is 0 Å². The van der Waals surface area contributed by atoms with Crippen LogP contribution in [0.2, 0.25) is 0 Å². The van der Waals surface area contributed by atoms with E-state index in [2.05, 4.69) is 4.98 Å². The SMILES string of the molecule is O=S(=O)(Cl)c1c(I)cc(I)nc1C(F)F. The van der Waals surface area contributed by atoms with Gasteiger partial charge >= 0.3 is 0 Å². The van der Waals surface area contributed by atoms with Gasteiger partial charge < -0.3 is 0 Å². The van der Waals surface area contributed by atoms with Gasteiger partial charge in [-0.3, -0.25) is 0 Å². The van der Waals surface area contributed by atoms with E-state index in [0.29, 0.717) is 0 Å². The van der Waals surface area contributed by atoms with E-state index in [4.69, 9.17) is 10.7 Å². The van der Waals surface area contributed by atoms with E-state index in [0.717, 1.165) is 0 Å². The van der Waals surface area contributed by atoms with Crippen molar-refractivity contribution in [3.05, 3.63) is 19.0 Å². The van der Waals surface area contributed by atoms with Gasteiger partial charge in [0.05, 0.1) is 0 Å². The van der Waals surface area contributed by atoms with E-state index in [-0.39, 0.29) is 7.27 Å². The fourth-order valence-corrected chi connectivity index (χ4v) is 5.04. The first-order valence-electron chi connectivity index (χ1n) is 3.32. The highest BCUT2D eigenvalue weighted by Crippen LogP contribution is 2.31. The summed E-state index contributed by atoms with van der Waals surface area (Å²) in [5.41, 5.74) is -0.804. The van der Waals surface area contributed by atoms with Crippen LogP contribution in [0.3, 0.4) is 0 Å². The highest BCUT2D eigenvalue weighted by molar-refractivity contribution is 14.1. The molecular weight excluding hydrogens is 477 g/mol. The summed E-state index contributed by atoms with van der Waals surface area (Å²) in [7, 11) is 0.850. The Kier molecular flexibility index (Phi) is 4.52. The van der Waals surface area contributed by atoms with Crippen LogP contribution in [0.15, 0.2) is 11.0 Å². The Morgan fingerprint density at radius 1 is 1.40 bits per heavy atom. The Morgan fingerprint density at radius 3 is 2.33 bits per heavy atom. The zero-order valence-electron chi connectivity index (χ0n) is 6.72. The van der Waals surface area contributed by atoms with Gasteiger partial charge in [0.1, 0.15) is 14.3 Å². The normalized spacial score (nSPS) is 12.1. The van der Waals surface area contributed by atoms with Gasteiger partial charge in [-0.1, -0.05) is 0 Å². The summed E-state index contributed by atoms with van der Waals surface area (Å²) >= 11 is 3.35. The van der Waals surface area contributed by atoms with Gasteiger partial charge in [-0.2, -0.15) is 0 Å². The third-order valence-electron chi connectivity index (χ3n) is 1.37. The largest absolute Gasteiger partial charge is 0.281 e. The Labute approximate surface area is 116 Å². The number of hydrogen-bond donors (Lipinski definition) is 0. The van der Waals surface area contributed by atoms with E-state index < -0.39 is 26.1 Å². The second-order valence-electron chi connectivity index (χ2n) is 2.38. The van der Waals surface area contributed by atoms with Crippen molar-refractivity contribution in [2.75, 3.05) is 0 Å². The van der Waals surface area contributed by atoms with Crippen molar-refractivity contribution in [1.82, 2.24) is 4.98 Å². The molecule has 0 amide bonds. The maximum atomic E-state index is 12.5. The van der Waals surface area contributed by atoms with Gasteiger partial charge in [-0.25, -0.2) is 22.2 Å². The van der Waals surface area contributed by atoms with Crippen molar-refractivity contribution in [3.63, 3.8) is 0 Å². The summed E-state index contributed by atoms with van der Waals surface area (Å²) in [6, 6.07) is 1.36. The van der Waals surface area contributed by atoms with E-state index >= 15 is 0 Å². The molecular formula is C6H2ClF2I2NO2S. The van der Waals surface area contributed by atoms with Crippen molar-refractivity contribution in [3.8, 4) is 0 Å². The molecule has 0 saturated carbocycles. The molecule has 0 spiro atoms. The minimum absolute atomic E-state index is 0.136. The fourth-order valence-electron chi connectivity index (χ4n) is 0.880. The molecule has 0 atom stereocenters. The number of rotatable bonds is 2.